The van der Waals surface area contributed by atoms with Gasteiger partial charge in [0, 0.05) is 32.9 Å². The van der Waals surface area contributed by atoms with Gasteiger partial charge in [0.2, 0.25) is 0 Å². The van der Waals surface area contributed by atoms with Crippen LogP contribution in [0.25, 0.3) is 5.65 Å². The minimum Gasteiger partial charge on any atom is -0.367 e. The van der Waals surface area contributed by atoms with E-state index in [0.29, 0.717) is 0 Å². The number of nitrogens with one attached hydrogen (secondary N) is 1. The monoisotopic (exact) mass is 313 g/mol. The molecule has 0 spiro atoms. The Morgan fingerprint density at radius 3 is 2.91 bits per heavy atom. The summed E-state index contributed by atoms with van der Waals surface area (Å²) < 4.78 is 1.94. The summed E-state index contributed by atoms with van der Waals surface area (Å²) in [6.45, 7) is 5.34. The molecule has 0 radical (unpaired) electrons. The summed E-state index contributed by atoms with van der Waals surface area (Å²) in [7, 11) is 1.98. The maximum atomic E-state index is 4.71. The van der Waals surface area contributed by atoms with Crippen molar-refractivity contribution in [2.75, 3.05) is 45.1 Å². The Bertz CT molecular complexity index is 702. The van der Waals surface area contributed by atoms with Gasteiger partial charge in [-0.2, -0.15) is 5.10 Å². The summed E-state index contributed by atoms with van der Waals surface area (Å²) >= 11 is 0. The molecule has 2 aliphatic rings. The lowest BCUT2D eigenvalue weighted by Gasteiger charge is -2.15. The van der Waals surface area contributed by atoms with Crippen molar-refractivity contribution < 1.29 is 0 Å². The molecule has 2 aromatic heterocycles. The van der Waals surface area contributed by atoms with Crippen molar-refractivity contribution in [2.45, 2.75) is 18.8 Å². The normalized spacial score (nSPS) is 21.6. The van der Waals surface area contributed by atoms with Gasteiger partial charge in [-0.3, -0.25) is 5.01 Å². The van der Waals surface area contributed by atoms with E-state index in [2.05, 4.69) is 20.3 Å². The molecule has 2 aromatic rings. The number of imidazole rings is 1. The SMILES string of the molecule is CN1CC(c2cnc3ccc(NCCN4CCCC4)nn23)C=N1. The number of likely N-dealkylation sites (tertiary alicyclic amines) is 1. The fraction of sp³-hybridized carbons (Fsp3) is 0.562. The number of rotatable bonds is 5. The third kappa shape index (κ3) is 3.01. The quantitative estimate of drug-likeness (QED) is 0.900. The van der Waals surface area contributed by atoms with Crippen LogP contribution in [0.2, 0.25) is 0 Å². The van der Waals surface area contributed by atoms with Crippen molar-refractivity contribution in [1.29, 1.82) is 0 Å². The van der Waals surface area contributed by atoms with E-state index in [1.807, 2.05) is 41.1 Å². The molecular formula is C16H23N7. The van der Waals surface area contributed by atoms with Crippen molar-refractivity contribution in [2.24, 2.45) is 5.10 Å². The minimum atomic E-state index is 0.252. The van der Waals surface area contributed by atoms with Gasteiger partial charge < -0.3 is 10.2 Å². The third-order valence-electron chi connectivity index (χ3n) is 4.61. The third-order valence-corrected chi connectivity index (χ3v) is 4.61. The molecule has 0 bridgehead atoms. The van der Waals surface area contributed by atoms with Crippen LogP contribution in [0.5, 0.6) is 0 Å². The molecule has 4 rings (SSSR count). The first-order chi connectivity index (χ1) is 11.3. The highest BCUT2D eigenvalue weighted by Crippen LogP contribution is 2.20. The fourth-order valence-electron chi connectivity index (χ4n) is 3.33. The maximum absolute atomic E-state index is 4.71. The van der Waals surface area contributed by atoms with Crippen molar-refractivity contribution in [1.82, 2.24) is 24.5 Å². The topological polar surface area (TPSA) is 61.1 Å². The molecule has 0 saturated carbocycles. The summed E-state index contributed by atoms with van der Waals surface area (Å²) in [5.74, 6) is 1.15. The molecule has 0 amide bonds. The molecule has 4 heterocycles. The van der Waals surface area contributed by atoms with Gasteiger partial charge >= 0.3 is 0 Å². The van der Waals surface area contributed by atoms with Crippen LogP contribution in [-0.4, -0.2) is 70.5 Å². The lowest BCUT2D eigenvalue weighted by molar-refractivity contribution is 0.352. The van der Waals surface area contributed by atoms with Crippen LogP contribution in [0.4, 0.5) is 5.82 Å². The smallest absolute Gasteiger partial charge is 0.153 e. The summed E-state index contributed by atoms with van der Waals surface area (Å²) in [5.41, 5.74) is 1.98. The predicted octanol–water partition coefficient (Wildman–Crippen LogP) is 1.25. The van der Waals surface area contributed by atoms with Gasteiger partial charge in [-0.15, -0.1) is 5.10 Å². The van der Waals surface area contributed by atoms with Crippen molar-refractivity contribution in [3.05, 3.63) is 24.0 Å². The van der Waals surface area contributed by atoms with Crippen molar-refractivity contribution in [3.63, 3.8) is 0 Å². The van der Waals surface area contributed by atoms with E-state index in [1.165, 1.54) is 25.9 Å². The number of hydrogen-bond acceptors (Lipinski definition) is 6. The van der Waals surface area contributed by atoms with Gasteiger partial charge in [0.15, 0.2) is 5.65 Å². The zero-order valence-corrected chi connectivity index (χ0v) is 13.5. The standard InChI is InChI=1S/C16H23N7/c1-21-12-13(10-19-21)14-11-18-16-5-4-15(20-23(14)16)17-6-9-22-7-2-3-8-22/h4-5,10-11,13H,2-3,6-9,12H2,1H3,(H,17,20). The average Bonchev–Trinajstić information content (AvgIpc) is 3.27. The minimum absolute atomic E-state index is 0.252. The zero-order chi connectivity index (χ0) is 15.6. The first-order valence-electron chi connectivity index (χ1n) is 8.36. The summed E-state index contributed by atoms with van der Waals surface area (Å²) in [5, 5.41) is 14.4. The van der Waals surface area contributed by atoms with E-state index in [9.17, 15) is 0 Å². The first-order valence-corrected chi connectivity index (χ1v) is 8.36. The predicted molar refractivity (Wildman–Crippen MR) is 91.0 cm³/mol. The number of hydrazone groups is 1. The van der Waals surface area contributed by atoms with Crippen LogP contribution >= 0.6 is 0 Å². The van der Waals surface area contributed by atoms with Gasteiger partial charge in [-0.05, 0) is 38.1 Å². The average molecular weight is 313 g/mol. The second kappa shape index (κ2) is 6.16. The van der Waals surface area contributed by atoms with Crippen molar-refractivity contribution >= 4 is 17.7 Å². The number of nitrogens with zero attached hydrogens (tertiary/aromatic N) is 6. The summed E-state index contributed by atoms with van der Waals surface area (Å²) in [4.78, 5) is 6.96. The molecule has 7 heteroatoms. The Morgan fingerprint density at radius 2 is 2.13 bits per heavy atom. The van der Waals surface area contributed by atoms with Gasteiger partial charge in [-0.25, -0.2) is 9.50 Å². The van der Waals surface area contributed by atoms with E-state index < -0.39 is 0 Å². The van der Waals surface area contributed by atoms with Crippen LogP contribution in [0.15, 0.2) is 23.4 Å². The van der Waals surface area contributed by atoms with E-state index in [-0.39, 0.29) is 5.92 Å². The van der Waals surface area contributed by atoms with Crippen LogP contribution < -0.4 is 5.32 Å². The molecule has 1 atom stereocenters. The van der Waals surface area contributed by atoms with Gasteiger partial charge in [0.05, 0.1) is 17.8 Å². The molecule has 23 heavy (non-hydrogen) atoms. The Morgan fingerprint density at radius 1 is 1.26 bits per heavy atom. The van der Waals surface area contributed by atoms with Crippen LogP contribution in [-0.2, 0) is 0 Å². The molecule has 2 aliphatic heterocycles. The highest BCUT2D eigenvalue weighted by Gasteiger charge is 2.21. The molecule has 0 aliphatic carbocycles. The highest BCUT2D eigenvalue weighted by atomic mass is 15.5. The number of hydrogen-bond donors (Lipinski definition) is 1. The van der Waals surface area contributed by atoms with E-state index in [4.69, 9.17) is 5.10 Å². The lowest BCUT2D eigenvalue weighted by Crippen LogP contribution is -2.26. The molecule has 7 nitrogen and oxygen atoms in total. The van der Waals surface area contributed by atoms with Gasteiger partial charge in [0.1, 0.15) is 5.82 Å². The Hall–Kier alpha value is -2.15. The zero-order valence-electron chi connectivity index (χ0n) is 13.5. The molecule has 1 unspecified atom stereocenters. The molecule has 1 fully saturated rings. The van der Waals surface area contributed by atoms with E-state index in [0.717, 1.165) is 36.8 Å². The Balaban J connectivity index is 1.47. The summed E-state index contributed by atoms with van der Waals surface area (Å²) in [6.07, 6.45) is 6.55. The van der Waals surface area contributed by atoms with Crippen molar-refractivity contribution in [3.8, 4) is 0 Å². The number of anilines is 1. The fourth-order valence-corrected chi connectivity index (χ4v) is 3.33. The largest absolute Gasteiger partial charge is 0.367 e. The van der Waals surface area contributed by atoms with E-state index >= 15 is 0 Å². The number of likely N-dealkylation sites (N-methyl/N-ethyl adjacent to an activating group) is 1. The van der Waals surface area contributed by atoms with Crippen LogP contribution in [0.1, 0.15) is 24.5 Å². The van der Waals surface area contributed by atoms with Gasteiger partial charge in [0.25, 0.3) is 0 Å². The lowest BCUT2D eigenvalue weighted by atomic mass is 10.1. The highest BCUT2D eigenvalue weighted by molar-refractivity contribution is 5.69. The molecule has 122 valence electrons. The summed E-state index contributed by atoms with van der Waals surface area (Å²) in [6, 6.07) is 4.02. The molecule has 1 saturated heterocycles. The van der Waals surface area contributed by atoms with E-state index in [1.54, 1.807) is 0 Å². The number of fused-ring (bicyclic) bond motifs is 1. The van der Waals surface area contributed by atoms with Gasteiger partial charge in [-0.1, -0.05) is 0 Å². The van der Waals surface area contributed by atoms with Crippen LogP contribution in [0.3, 0.4) is 0 Å². The Labute approximate surface area is 136 Å². The second-order valence-electron chi connectivity index (χ2n) is 6.36. The Kier molecular flexibility index (Phi) is 3.87. The molecular weight excluding hydrogens is 290 g/mol. The first kappa shape index (κ1) is 14.4. The van der Waals surface area contributed by atoms with Crippen LogP contribution in [0, 0.1) is 0 Å². The molecule has 0 aromatic carbocycles. The number of aromatic nitrogens is 3. The molecule has 1 N–H and O–H groups in total. The maximum Gasteiger partial charge on any atom is 0.153 e. The second-order valence-corrected chi connectivity index (χ2v) is 6.36.